The average molecular weight is 359 g/mol. The molecule has 0 radical (unpaired) electrons. The van der Waals surface area contributed by atoms with E-state index in [4.69, 9.17) is 5.11 Å². The van der Waals surface area contributed by atoms with Crippen LogP contribution in [-0.2, 0) is 4.79 Å². The summed E-state index contributed by atoms with van der Waals surface area (Å²) < 4.78 is 0.0543. The van der Waals surface area contributed by atoms with Gasteiger partial charge in [-0.25, -0.2) is 0 Å². The van der Waals surface area contributed by atoms with E-state index in [0.29, 0.717) is 6.42 Å². The highest BCUT2D eigenvalue weighted by molar-refractivity contribution is 9.10. The summed E-state index contributed by atoms with van der Waals surface area (Å²) in [6.45, 7) is 3.10. The lowest BCUT2D eigenvalue weighted by molar-refractivity contribution is -0.385. The van der Waals surface area contributed by atoms with Crippen molar-refractivity contribution in [1.82, 2.24) is 4.90 Å². The van der Waals surface area contributed by atoms with Crippen LogP contribution in [0.4, 0.5) is 5.69 Å². The van der Waals surface area contributed by atoms with E-state index in [2.05, 4.69) is 15.9 Å². The van der Waals surface area contributed by atoms with Crippen molar-refractivity contribution in [2.45, 2.75) is 26.3 Å². The van der Waals surface area contributed by atoms with Gasteiger partial charge in [0.25, 0.3) is 11.6 Å². The summed E-state index contributed by atoms with van der Waals surface area (Å²) in [5, 5.41) is 19.8. The van der Waals surface area contributed by atoms with Gasteiger partial charge in [-0.15, -0.1) is 0 Å². The maximum Gasteiger partial charge on any atom is 0.323 e. The van der Waals surface area contributed by atoms with Gasteiger partial charge in [0.2, 0.25) is 0 Å². The Morgan fingerprint density at radius 3 is 2.57 bits per heavy atom. The standard InChI is InChI=1S/C13H15BrN2O5/c1-3-8(2)15(7-11(17)18)13(19)9-5-4-6-10(12(9)14)16(20)21/h4-6,8H,3,7H2,1-2H3,(H,17,18). The third-order valence-corrected chi connectivity index (χ3v) is 3.93. The first kappa shape index (κ1) is 17.1. The number of hydrogen-bond acceptors (Lipinski definition) is 4. The Balaban J connectivity index is 3.23. The minimum Gasteiger partial charge on any atom is -0.480 e. The number of nitro groups is 1. The number of carbonyl (C=O) groups is 2. The quantitative estimate of drug-likeness (QED) is 0.622. The van der Waals surface area contributed by atoms with Crippen molar-refractivity contribution >= 4 is 33.5 Å². The molecule has 1 unspecified atom stereocenters. The van der Waals surface area contributed by atoms with Crippen LogP contribution < -0.4 is 0 Å². The Hall–Kier alpha value is -1.96. The van der Waals surface area contributed by atoms with E-state index in [1.807, 2.05) is 6.92 Å². The highest BCUT2D eigenvalue weighted by Crippen LogP contribution is 2.29. The van der Waals surface area contributed by atoms with Crippen molar-refractivity contribution in [3.05, 3.63) is 38.3 Å². The fourth-order valence-corrected chi connectivity index (χ4v) is 2.35. The monoisotopic (exact) mass is 358 g/mol. The first-order chi connectivity index (χ1) is 9.79. The first-order valence-corrected chi connectivity index (χ1v) is 7.04. The molecule has 0 saturated heterocycles. The first-order valence-electron chi connectivity index (χ1n) is 6.25. The molecule has 0 bridgehead atoms. The third kappa shape index (κ3) is 4.01. The molecule has 0 aliphatic carbocycles. The molecule has 0 fully saturated rings. The predicted octanol–water partition coefficient (Wildman–Crippen LogP) is 2.68. The summed E-state index contributed by atoms with van der Waals surface area (Å²) in [5.74, 6) is -1.69. The Labute approximate surface area is 129 Å². The van der Waals surface area contributed by atoms with Crippen LogP contribution in [0.5, 0.6) is 0 Å². The zero-order valence-electron chi connectivity index (χ0n) is 11.6. The van der Waals surface area contributed by atoms with Crippen LogP contribution in [0.25, 0.3) is 0 Å². The highest BCUT2D eigenvalue weighted by Gasteiger charge is 2.27. The van der Waals surface area contributed by atoms with Gasteiger partial charge in [-0.3, -0.25) is 19.7 Å². The second-order valence-electron chi connectivity index (χ2n) is 4.48. The molecule has 1 N–H and O–H groups in total. The Bertz CT molecular complexity index is 576. The number of aliphatic carboxylic acids is 1. The van der Waals surface area contributed by atoms with Crippen LogP contribution in [0.1, 0.15) is 30.6 Å². The van der Waals surface area contributed by atoms with Gasteiger partial charge in [-0.1, -0.05) is 13.0 Å². The number of benzene rings is 1. The largest absolute Gasteiger partial charge is 0.480 e. The SMILES string of the molecule is CCC(C)N(CC(=O)O)C(=O)c1cccc([N+](=O)[O-])c1Br. The van der Waals surface area contributed by atoms with Crippen LogP contribution in [0.3, 0.4) is 0 Å². The number of nitro benzene ring substituents is 1. The summed E-state index contributed by atoms with van der Waals surface area (Å²) in [7, 11) is 0. The maximum absolute atomic E-state index is 12.5. The van der Waals surface area contributed by atoms with E-state index in [0.717, 1.165) is 0 Å². The number of carboxylic acids is 1. The molecule has 1 amide bonds. The molecule has 0 aromatic heterocycles. The van der Waals surface area contributed by atoms with Crippen LogP contribution in [-0.4, -0.2) is 39.4 Å². The average Bonchev–Trinajstić information content (AvgIpc) is 2.43. The number of rotatable bonds is 6. The third-order valence-electron chi connectivity index (χ3n) is 3.09. The Morgan fingerprint density at radius 1 is 1.48 bits per heavy atom. The van der Waals surface area contributed by atoms with Gasteiger partial charge < -0.3 is 10.0 Å². The smallest absolute Gasteiger partial charge is 0.323 e. The van der Waals surface area contributed by atoms with Crippen LogP contribution in [0.15, 0.2) is 22.7 Å². The minimum absolute atomic E-state index is 0.0543. The van der Waals surface area contributed by atoms with E-state index >= 15 is 0 Å². The highest BCUT2D eigenvalue weighted by atomic mass is 79.9. The molecule has 21 heavy (non-hydrogen) atoms. The molecular formula is C13H15BrN2O5. The zero-order valence-corrected chi connectivity index (χ0v) is 13.2. The molecule has 0 saturated carbocycles. The number of carbonyl (C=O) groups excluding carboxylic acids is 1. The lowest BCUT2D eigenvalue weighted by Crippen LogP contribution is -2.42. The summed E-state index contributed by atoms with van der Waals surface area (Å²) in [5.41, 5.74) is -0.161. The lowest BCUT2D eigenvalue weighted by atomic mass is 10.1. The van der Waals surface area contributed by atoms with Crippen LogP contribution >= 0.6 is 15.9 Å². The summed E-state index contributed by atoms with van der Waals surface area (Å²) in [4.78, 5) is 34.9. The molecule has 0 aliphatic heterocycles. The fraction of sp³-hybridized carbons (Fsp3) is 0.385. The second kappa shape index (κ2) is 7.16. The summed E-state index contributed by atoms with van der Waals surface area (Å²) in [6.07, 6.45) is 0.575. The van der Waals surface area contributed by atoms with Crippen LogP contribution in [0.2, 0.25) is 0 Å². The van der Waals surface area contributed by atoms with Gasteiger partial charge in [0, 0.05) is 12.1 Å². The number of amides is 1. The van der Waals surface area contributed by atoms with Crippen molar-refractivity contribution in [2.75, 3.05) is 6.54 Å². The van der Waals surface area contributed by atoms with Crippen molar-refractivity contribution in [2.24, 2.45) is 0 Å². The van der Waals surface area contributed by atoms with E-state index in [9.17, 15) is 19.7 Å². The van der Waals surface area contributed by atoms with Crippen molar-refractivity contribution < 1.29 is 19.6 Å². The molecule has 8 heteroatoms. The number of carboxylic acid groups (broad SMARTS) is 1. The molecule has 1 aromatic carbocycles. The van der Waals surface area contributed by atoms with Crippen molar-refractivity contribution in [3.8, 4) is 0 Å². The number of nitrogens with zero attached hydrogens (tertiary/aromatic N) is 2. The van der Waals surface area contributed by atoms with Gasteiger partial charge in [0.05, 0.1) is 10.5 Å². The van der Waals surface area contributed by atoms with Crippen molar-refractivity contribution in [3.63, 3.8) is 0 Å². The van der Waals surface area contributed by atoms with Gasteiger partial charge >= 0.3 is 5.97 Å². The normalized spacial score (nSPS) is 11.8. The number of halogens is 1. The molecule has 1 rings (SSSR count). The van der Waals surface area contributed by atoms with E-state index < -0.39 is 23.3 Å². The minimum atomic E-state index is -1.13. The van der Waals surface area contributed by atoms with E-state index in [-0.39, 0.29) is 21.8 Å². The Kier molecular flexibility index (Phi) is 5.83. The molecule has 114 valence electrons. The molecule has 0 heterocycles. The lowest BCUT2D eigenvalue weighted by Gasteiger charge is -2.27. The summed E-state index contributed by atoms with van der Waals surface area (Å²) >= 11 is 3.05. The van der Waals surface area contributed by atoms with Crippen molar-refractivity contribution in [1.29, 1.82) is 0 Å². The topological polar surface area (TPSA) is 101 Å². The Morgan fingerprint density at radius 2 is 2.10 bits per heavy atom. The zero-order chi connectivity index (χ0) is 16.2. The maximum atomic E-state index is 12.5. The van der Waals surface area contributed by atoms with Gasteiger partial charge in [-0.2, -0.15) is 0 Å². The van der Waals surface area contributed by atoms with Gasteiger partial charge in [-0.05, 0) is 35.3 Å². The van der Waals surface area contributed by atoms with E-state index in [1.165, 1.54) is 23.1 Å². The molecule has 7 nitrogen and oxygen atoms in total. The summed E-state index contributed by atoms with van der Waals surface area (Å²) in [6, 6.07) is 3.80. The molecule has 1 aromatic rings. The fourth-order valence-electron chi connectivity index (χ4n) is 1.77. The predicted molar refractivity (Wildman–Crippen MR) is 79.2 cm³/mol. The van der Waals surface area contributed by atoms with Gasteiger partial charge in [0.1, 0.15) is 11.0 Å². The molecule has 0 aliphatic rings. The number of hydrogen-bond donors (Lipinski definition) is 1. The molecule has 0 spiro atoms. The van der Waals surface area contributed by atoms with Gasteiger partial charge in [0.15, 0.2) is 0 Å². The molecular weight excluding hydrogens is 344 g/mol. The molecule has 1 atom stereocenters. The second-order valence-corrected chi connectivity index (χ2v) is 5.27. The van der Waals surface area contributed by atoms with Crippen LogP contribution in [0, 0.1) is 10.1 Å². The van der Waals surface area contributed by atoms with E-state index in [1.54, 1.807) is 6.92 Å².